The summed E-state index contributed by atoms with van der Waals surface area (Å²) in [7, 11) is 5.50. The Hall–Kier alpha value is -0.310. The van der Waals surface area contributed by atoms with Crippen molar-refractivity contribution in [2.24, 2.45) is 0 Å². The van der Waals surface area contributed by atoms with E-state index in [0.29, 0.717) is 39.1 Å². The van der Waals surface area contributed by atoms with E-state index in [9.17, 15) is 4.79 Å². The van der Waals surface area contributed by atoms with Crippen molar-refractivity contribution in [3.8, 4) is 11.5 Å². The maximum Gasteiger partial charge on any atom is 0.170 e. The van der Waals surface area contributed by atoms with Crippen LogP contribution in [0.2, 0.25) is 5.02 Å². The van der Waals surface area contributed by atoms with E-state index in [1.165, 1.54) is 14.2 Å². The number of ether oxygens (including phenoxy) is 2. The fourth-order valence-electron chi connectivity index (χ4n) is 1.49. The molecule has 6 heteroatoms. The lowest BCUT2D eigenvalue weighted by molar-refractivity contribution is 0.0983. The number of halogens is 2. The molecule has 0 spiro atoms. The van der Waals surface area contributed by atoms with Gasteiger partial charge in [0.25, 0.3) is 0 Å². The highest BCUT2D eigenvalue weighted by Gasteiger charge is 2.23. The maximum atomic E-state index is 12.1. The molecule has 0 bridgehead atoms. The second-order valence-corrected chi connectivity index (χ2v) is 5.08. The van der Waals surface area contributed by atoms with Crippen molar-refractivity contribution in [3.05, 3.63) is 21.1 Å². The Morgan fingerprint density at radius 1 is 1.41 bits per heavy atom. The van der Waals surface area contributed by atoms with Crippen molar-refractivity contribution in [1.82, 2.24) is 0 Å². The van der Waals surface area contributed by atoms with Gasteiger partial charge in [-0.05, 0) is 28.2 Å². The van der Waals surface area contributed by atoms with Crippen molar-refractivity contribution in [2.75, 3.05) is 20.4 Å². The van der Waals surface area contributed by atoms with E-state index in [0.717, 1.165) is 0 Å². The SMILES string of the molecule is COc1c(Cl)cc(Br)c(OC)c1C(=O)CCP. The zero-order valence-corrected chi connectivity index (χ0v) is 13.0. The number of benzene rings is 1. The first-order chi connectivity index (χ1) is 8.06. The summed E-state index contributed by atoms with van der Waals surface area (Å²) in [5.41, 5.74) is 0.386. The lowest BCUT2D eigenvalue weighted by Gasteiger charge is -2.15. The summed E-state index contributed by atoms with van der Waals surface area (Å²) in [6.07, 6.45) is 1.07. The number of rotatable bonds is 5. The summed E-state index contributed by atoms with van der Waals surface area (Å²) >= 11 is 9.36. The van der Waals surface area contributed by atoms with Gasteiger partial charge in [0.1, 0.15) is 11.3 Å². The van der Waals surface area contributed by atoms with Gasteiger partial charge < -0.3 is 9.47 Å². The molecular formula is C11H13BrClO3P. The third kappa shape index (κ3) is 3.12. The molecule has 0 N–H and O–H groups in total. The molecule has 0 saturated carbocycles. The molecule has 0 aliphatic carbocycles. The topological polar surface area (TPSA) is 35.5 Å². The number of carbonyl (C=O) groups is 1. The smallest absolute Gasteiger partial charge is 0.170 e. The Morgan fingerprint density at radius 3 is 2.47 bits per heavy atom. The molecule has 0 amide bonds. The minimum Gasteiger partial charge on any atom is -0.495 e. The summed E-state index contributed by atoms with van der Waals surface area (Å²) in [6, 6.07) is 1.65. The normalized spacial score (nSPS) is 10.2. The monoisotopic (exact) mass is 338 g/mol. The number of hydrogen-bond acceptors (Lipinski definition) is 3. The van der Waals surface area contributed by atoms with E-state index in [4.69, 9.17) is 21.1 Å². The number of methoxy groups -OCH3 is 2. The first-order valence-electron chi connectivity index (χ1n) is 4.90. The van der Waals surface area contributed by atoms with Gasteiger partial charge in [0.15, 0.2) is 11.5 Å². The molecule has 0 fully saturated rings. The molecule has 94 valence electrons. The lowest BCUT2D eigenvalue weighted by Crippen LogP contribution is -2.06. The van der Waals surface area contributed by atoms with Crippen molar-refractivity contribution >= 4 is 42.6 Å². The van der Waals surface area contributed by atoms with Crippen LogP contribution >= 0.6 is 36.8 Å². The number of carbonyl (C=O) groups excluding carboxylic acids is 1. The zero-order chi connectivity index (χ0) is 13.0. The van der Waals surface area contributed by atoms with Crippen LogP contribution in [-0.2, 0) is 0 Å². The maximum absolute atomic E-state index is 12.1. The Morgan fingerprint density at radius 2 is 2.00 bits per heavy atom. The average Bonchev–Trinajstić information content (AvgIpc) is 2.28. The minimum atomic E-state index is -0.0584. The standard InChI is InChI=1S/C11H13BrClO3P/c1-15-10-6(12)5-7(13)11(16-2)9(10)8(14)3-4-17/h5H,3-4,17H2,1-2H3. The Balaban J connectivity index is 3.45. The Kier molecular flexibility index (Phi) is 5.71. The van der Waals surface area contributed by atoms with Crippen LogP contribution in [0, 0.1) is 0 Å². The van der Waals surface area contributed by atoms with E-state index in [1.54, 1.807) is 6.07 Å². The molecule has 17 heavy (non-hydrogen) atoms. The molecule has 1 aromatic carbocycles. The fraction of sp³-hybridized carbons (Fsp3) is 0.364. The lowest BCUT2D eigenvalue weighted by atomic mass is 10.1. The van der Waals surface area contributed by atoms with Crippen LogP contribution < -0.4 is 9.47 Å². The molecule has 1 aromatic rings. The molecular weight excluding hydrogens is 326 g/mol. The summed E-state index contributed by atoms with van der Waals surface area (Å²) < 4.78 is 11.0. The molecule has 0 aliphatic heterocycles. The third-order valence-corrected chi connectivity index (χ3v) is 3.36. The zero-order valence-electron chi connectivity index (χ0n) is 9.55. The highest BCUT2D eigenvalue weighted by atomic mass is 79.9. The van der Waals surface area contributed by atoms with Crippen LogP contribution in [-0.4, -0.2) is 26.2 Å². The third-order valence-electron chi connectivity index (χ3n) is 2.20. The molecule has 0 aromatic heterocycles. The van der Waals surface area contributed by atoms with Crippen molar-refractivity contribution in [1.29, 1.82) is 0 Å². The van der Waals surface area contributed by atoms with Gasteiger partial charge in [-0.25, -0.2) is 0 Å². The van der Waals surface area contributed by atoms with Crippen LogP contribution in [0.3, 0.4) is 0 Å². The van der Waals surface area contributed by atoms with Gasteiger partial charge in [0.05, 0.1) is 23.7 Å². The molecule has 0 heterocycles. The van der Waals surface area contributed by atoms with Crippen molar-refractivity contribution < 1.29 is 14.3 Å². The minimum absolute atomic E-state index is 0.0584. The summed E-state index contributed by atoms with van der Waals surface area (Å²) in [4.78, 5) is 12.1. The molecule has 0 radical (unpaired) electrons. The molecule has 1 rings (SSSR count). The van der Waals surface area contributed by atoms with E-state index in [-0.39, 0.29) is 5.78 Å². The van der Waals surface area contributed by atoms with E-state index < -0.39 is 0 Å². The average molecular weight is 340 g/mol. The van der Waals surface area contributed by atoms with Gasteiger partial charge in [-0.2, -0.15) is 0 Å². The predicted octanol–water partition coefficient (Wildman–Crippen LogP) is 3.57. The van der Waals surface area contributed by atoms with Gasteiger partial charge in [-0.15, -0.1) is 9.24 Å². The van der Waals surface area contributed by atoms with Crippen molar-refractivity contribution in [2.45, 2.75) is 6.42 Å². The van der Waals surface area contributed by atoms with Crippen LogP contribution in [0.1, 0.15) is 16.8 Å². The first-order valence-corrected chi connectivity index (χ1v) is 6.88. The number of Topliss-reactive ketones (excluding diaryl/α,β-unsaturated/α-hetero) is 1. The summed E-state index contributed by atoms with van der Waals surface area (Å²) in [5, 5.41) is 0.382. The first kappa shape index (κ1) is 14.7. The van der Waals surface area contributed by atoms with Gasteiger partial charge in [0, 0.05) is 6.42 Å². The molecule has 0 aliphatic rings. The van der Waals surface area contributed by atoms with Crippen LogP contribution in [0.15, 0.2) is 10.5 Å². The molecule has 1 atom stereocenters. The second-order valence-electron chi connectivity index (χ2n) is 3.24. The molecule has 3 nitrogen and oxygen atoms in total. The van der Waals surface area contributed by atoms with Crippen LogP contribution in [0.5, 0.6) is 11.5 Å². The summed E-state index contributed by atoms with van der Waals surface area (Å²) in [6.45, 7) is 0. The van der Waals surface area contributed by atoms with Gasteiger partial charge in [-0.3, -0.25) is 4.79 Å². The van der Waals surface area contributed by atoms with Gasteiger partial charge >= 0.3 is 0 Å². The quantitative estimate of drug-likeness (QED) is 0.608. The second kappa shape index (κ2) is 6.58. The highest BCUT2D eigenvalue weighted by molar-refractivity contribution is 9.10. The Bertz CT molecular complexity index is 409. The largest absolute Gasteiger partial charge is 0.495 e. The predicted molar refractivity (Wildman–Crippen MR) is 75.8 cm³/mol. The van der Waals surface area contributed by atoms with Gasteiger partial charge in [0.2, 0.25) is 0 Å². The highest BCUT2D eigenvalue weighted by Crippen LogP contribution is 2.41. The molecule has 0 saturated heterocycles. The van der Waals surface area contributed by atoms with Crippen LogP contribution in [0.4, 0.5) is 0 Å². The fourth-order valence-corrected chi connectivity index (χ4v) is 2.76. The van der Waals surface area contributed by atoms with E-state index >= 15 is 0 Å². The summed E-state index contributed by atoms with van der Waals surface area (Å²) in [5.74, 6) is 0.752. The molecule has 1 unspecified atom stereocenters. The van der Waals surface area contributed by atoms with Crippen LogP contribution in [0.25, 0.3) is 0 Å². The number of hydrogen-bond donors (Lipinski definition) is 0. The number of ketones is 1. The Labute approximate surface area is 116 Å². The van der Waals surface area contributed by atoms with Crippen molar-refractivity contribution in [3.63, 3.8) is 0 Å². The van der Waals surface area contributed by atoms with Gasteiger partial charge in [-0.1, -0.05) is 11.6 Å². The van der Waals surface area contributed by atoms with E-state index in [1.807, 2.05) is 0 Å². The van der Waals surface area contributed by atoms with E-state index in [2.05, 4.69) is 25.2 Å².